The Morgan fingerprint density at radius 1 is 1.07 bits per heavy atom. The van der Waals surface area contributed by atoms with Crippen LogP contribution in [-0.4, -0.2) is 30.0 Å². The zero-order chi connectivity index (χ0) is 20.6. The number of nitrogens with zero attached hydrogens (tertiary/aromatic N) is 1. The summed E-state index contributed by atoms with van der Waals surface area (Å²) in [5.41, 5.74) is 4.67. The van der Waals surface area contributed by atoms with E-state index in [9.17, 15) is 4.79 Å². The third kappa shape index (κ3) is 6.07. The first-order valence-corrected chi connectivity index (χ1v) is 10.9. The molecule has 2 aromatic carbocycles. The molecule has 4 nitrogen and oxygen atoms in total. The standard InChI is InChI=1S/C25H34N2O2/c1-4-23(29-24-16-19(2)12-13-20(24)3)25(28)26-17-21-10-6-7-11-22(21)18-27-14-8-5-9-15-27/h6-7,10-13,16,23H,4-5,8-9,14-15,17-18H2,1-3H3,(H,26,28). The molecule has 1 amide bonds. The summed E-state index contributed by atoms with van der Waals surface area (Å²) in [5, 5.41) is 3.10. The highest BCUT2D eigenvalue weighted by Crippen LogP contribution is 2.21. The van der Waals surface area contributed by atoms with Gasteiger partial charge >= 0.3 is 0 Å². The number of ether oxygens (including phenoxy) is 1. The van der Waals surface area contributed by atoms with Crippen LogP contribution in [0.5, 0.6) is 5.75 Å². The molecule has 3 rings (SSSR count). The topological polar surface area (TPSA) is 41.6 Å². The van der Waals surface area contributed by atoms with Crippen molar-refractivity contribution in [2.75, 3.05) is 13.1 Å². The van der Waals surface area contributed by atoms with Crippen molar-refractivity contribution in [2.45, 2.75) is 65.6 Å². The Morgan fingerprint density at radius 3 is 2.52 bits per heavy atom. The van der Waals surface area contributed by atoms with E-state index in [1.165, 1.54) is 43.5 Å². The first-order valence-electron chi connectivity index (χ1n) is 10.9. The van der Waals surface area contributed by atoms with Gasteiger partial charge in [0.05, 0.1) is 0 Å². The second-order valence-corrected chi connectivity index (χ2v) is 8.11. The Hall–Kier alpha value is -2.33. The minimum absolute atomic E-state index is 0.0545. The van der Waals surface area contributed by atoms with Crippen molar-refractivity contribution in [3.8, 4) is 5.75 Å². The number of likely N-dealkylation sites (tertiary alicyclic amines) is 1. The number of rotatable bonds is 8. The van der Waals surface area contributed by atoms with Crippen LogP contribution in [0.2, 0.25) is 0 Å². The van der Waals surface area contributed by atoms with Gasteiger partial charge in [-0.15, -0.1) is 0 Å². The number of hydrogen-bond donors (Lipinski definition) is 1. The number of piperidine rings is 1. The average molecular weight is 395 g/mol. The van der Waals surface area contributed by atoms with Crippen molar-refractivity contribution in [1.29, 1.82) is 0 Å². The molecule has 0 aromatic heterocycles. The molecular weight excluding hydrogens is 360 g/mol. The maximum Gasteiger partial charge on any atom is 0.261 e. The lowest BCUT2D eigenvalue weighted by Crippen LogP contribution is -2.38. The monoisotopic (exact) mass is 394 g/mol. The van der Waals surface area contributed by atoms with Crippen LogP contribution in [0.25, 0.3) is 0 Å². The second kappa shape index (κ2) is 10.4. The van der Waals surface area contributed by atoms with Crippen molar-refractivity contribution in [3.63, 3.8) is 0 Å². The molecule has 29 heavy (non-hydrogen) atoms. The Bertz CT molecular complexity index is 812. The van der Waals surface area contributed by atoms with E-state index in [4.69, 9.17) is 4.74 Å². The number of nitrogens with one attached hydrogen (secondary N) is 1. The number of carbonyl (C=O) groups excluding carboxylic acids is 1. The average Bonchev–Trinajstić information content (AvgIpc) is 2.74. The Morgan fingerprint density at radius 2 is 1.79 bits per heavy atom. The summed E-state index contributed by atoms with van der Waals surface area (Å²) in [4.78, 5) is 15.3. The highest BCUT2D eigenvalue weighted by molar-refractivity contribution is 5.81. The summed E-state index contributed by atoms with van der Waals surface area (Å²) >= 11 is 0. The quantitative estimate of drug-likeness (QED) is 0.702. The maximum atomic E-state index is 12.8. The first-order chi connectivity index (χ1) is 14.1. The van der Waals surface area contributed by atoms with E-state index in [1.54, 1.807) is 0 Å². The highest BCUT2D eigenvalue weighted by Gasteiger charge is 2.20. The molecule has 4 heteroatoms. The van der Waals surface area contributed by atoms with Crippen molar-refractivity contribution >= 4 is 5.91 Å². The largest absolute Gasteiger partial charge is 0.480 e. The van der Waals surface area contributed by atoms with Gasteiger partial charge in [0.15, 0.2) is 6.10 Å². The molecule has 0 spiro atoms. The third-order valence-electron chi connectivity index (χ3n) is 5.69. The fraction of sp³-hybridized carbons (Fsp3) is 0.480. The Balaban J connectivity index is 1.61. The molecule has 1 aliphatic rings. The number of amides is 1. The van der Waals surface area contributed by atoms with Gasteiger partial charge in [-0.2, -0.15) is 0 Å². The molecule has 1 atom stereocenters. The van der Waals surface area contributed by atoms with Gasteiger partial charge in [-0.1, -0.05) is 49.7 Å². The zero-order valence-electron chi connectivity index (χ0n) is 18.0. The third-order valence-corrected chi connectivity index (χ3v) is 5.69. The molecule has 1 heterocycles. The van der Waals surface area contributed by atoms with E-state index in [1.807, 2.05) is 39.0 Å². The lowest BCUT2D eigenvalue weighted by molar-refractivity contribution is -0.128. The highest BCUT2D eigenvalue weighted by atomic mass is 16.5. The number of benzene rings is 2. The van der Waals surface area contributed by atoms with Gasteiger partial charge in [0.2, 0.25) is 0 Å². The van der Waals surface area contributed by atoms with Crippen LogP contribution >= 0.6 is 0 Å². The maximum absolute atomic E-state index is 12.8. The summed E-state index contributed by atoms with van der Waals surface area (Å²) < 4.78 is 6.06. The summed E-state index contributed by atoms with van der Waals surface area (Å²) in [5.74, 6) is 0.735. The van der Waals surface area contributed by atoms with Crippen molar-refractivity contribution in [3.05, 3.63) is 64.7 Å². The summed E-state index contributed by atoms with van der Waals surface area (Å²) in [6, 6.07) is 14.5. The van der Waals surface area contributed by atoms with Crippen LogP contribution in [0.1, 0.15) is 54.9 Å². The lowest BCUT2D eigenvalue weighted by Gasteiger charge is -2.27. The van der Waals surface area contributed by atoms with E-state index < -0.39 is 6.10 Å². The first kappa shape index (κ1) is 21.4. The SMILES string of the molecule is CCC(Oc1cc(C)ccc1C)C(=O)NCc1ccccc1CN1CCCCC1. The number of carbonyl (C=O) groups is 1. The molecule has 0 bridgehead atoms. The van der Waals surface area contributed by atoms with E-state index in [0.717, 1.165) is 23.4 Å². The van der Waals surface area contributed by atoms with Gasteiger partial charge in [-0.25, -0.2) is 0 Å². The number of aryl methyl sites for hydroxylation is 2. The van der Waals surface area contributed by atoms with Gasteiger partial charge in [-0.3, -0.25) is 9.69 Å². The molecule has 1 saturated heterocycles. The summed E-state index contributed by atoms with van der Waals surface area (Å²) in [7, 11) is 0. The predicted molar refractivity (Wildman–Crippen MR) is 118 cm³/mol. The normalized spacial score (nSPS) is 15.7. The van der Waals surface area contributed by atoms with Crippen LogP contribution in [0.4, 0.5) is 0 Å². The molecule has 0 radical (unpaired) electrons. The molecule has 1 fully saturated rings. The molecule has 1 unspecified atom stereocenters. The van der Waals surface area contributed by atoms with Crippen LogP contribution in [-0.2, 0) is 17.9 Å². The number of hydrogen-bond acceptors (Lipinski definition) is 3. The summed E-state index contributed by atoms with van der Waals surface area (Å²) in [6.07, 6.45) is 4.06. The molecule has 1 aliphatic heterocycles. The van der Waals surface area contributed by atoms with Crippen molar-refractivity contribution in [1.82, 2.24) is 10.2 Å². The van der Waals surface area contributed by atoms with E-state index in [0.29, 0.717) is 13.0 Å². The van der Waals surface area contributed by atoms with Crippen molar-refractivity contribution in [2.24, 2.45) is 0 Å². The van der Waals surface area contributed by atoms with Gasteiger partial charge in [0.1, 0.15) is 5.75 Å². The van der Waals surface area contributed by atoms with E-state index >= 15 is 0 Å². The summed E-state index contributed by atoms with van der Waals surface area (Å²) in [6.45, 7) is 9.87. The van der Waals surface area contributed by atoms with Gasteiger partial charge in [-0.05, 0) is 74.5 Å². The second-order valence-electron chi connectivity index (χ2n) is 8.11. The minimum Gasteiger partial charge on any atom is -0.480 e. The predicted octanol–water partition coefficient (Wildman–Crippen LogP) is 4.76. The van der Waals surface area contributed by atoms with E-state index in [2.05, 4.69) is 34.5 Å². The molecule has 156 valence electrons. The molecule has 1 N–H and O–H groups in total. The Labute approximate surface area is 175 Å². The zero-order valence-corrected chi connectivity index (χ0v) is 18.0. The molecular formula is C25H34N2O2. The van der Waals surface area contributed by atoms with Crippen LogP contribution in [0.3, 0.4) is 0 Å². The fourth-order valence-corrected chi connectivity index (χ4v) is 3.85. The van der Waals surface area contributed by atoms with Crippen LogP contribution in [0.15, 0.2) is 42.5 Å². The molecule has 0 saturated carbocycles. The fourth-order valence-electron chi connectivity index (χ4n) is 3.85. The van der Waals surface area contributed by atoms with Gasteiger partial charge < -0.3 is 10.1 Å². The molecule has 0 aliphatic carbocycles. The van der Waals surface area contributed by atoms with Gasteiger partial charge in [0, 0.05) is 13.1 Å². The minimum atomic E-state index is -0.482. The lowest BCUT2D eigenvalue weighted by atomic mass is 10.0. The van der Waals surface area contributed by atoms with E-state index in [-0.39, 0.29) is 5.91 Å². The van der Waals surface area contributed by atoms with Gasteiger partial charge in [0.25, 0.3) is 5.91 Å². The van der Waals surface area contributed by atoms with Crippen LogP contribution in [0, 0.1) is 13.8 Å². The van der Waals surface area contributed by atoms with Crippen molar-refractivity contribution < 1.29 is 9.53 Å². The Kier molecular flexibility index (Phi) is 7.70. The van der Waals surface area contributed by atoms with Crippen LogP contribution < -0.4 is 10.1 Å². The smallest absolute Gasteiger partial charge is 0.261 e. The molecule has 2 aromatic rings.